The Morgan fingerprint density at radius 1 is 1.47 bits per heavy atom. The Morgan fingerprint density at radius 3 is 2.68 bits per heavy atom. The first-order valence-corrected chi connectivity index (χ1v) is 6.41. The quantitative estimate of drug-likeness (QED) is 0.788. The minimum absolute atomic E-state index is 0.276. The molecule has 2 N–H and O–H groups in total. The van der Waals surface area contributed by atoms with Crippen LogP contribution in [0.25, 0.3) is 0 Å². The lowest BCUT2D eigenvalue weighted by atomic mass is 10.00. The average molecular weight is 267 g/mol. The van der Waals surface area contributed by atoms with Gasteiger partial charge in [-0.3, -0.25) is 0 Å². The third-order valence-corrected chi connectivity index (χ3v) is 2.85. The highest BCUT2D eigenvalue weighted by molar-refractivity contribution is 5.81. The first-order chi connectivity index (χ1) is 8.91. The van der Waals surface area contributed by atoms with Crippen molar-refractivity contribution in [1.29, 1.82) is 0 Å². The van der Waals surface area contributed by atoms with Gasteiger partial charge in [0.2, 0.25) is 11.8 Å². The Bertz CT molecular complexity index is 451. The van der Waals surface area contributed by atoms with Gasteiger partial charge in [0, 0.05) is 11.8 Å². The molecule has 1 aromatic rings. The summed E-state index contributed by atoms with van der Waals surface area (Å²) in [6.45, 7) is 7.79. The predicted molar refractivity (Wildman–Crippen MR) is 72.5 cm³/mol. The number of nitrogens with zero attached hydrogens (tertiary/aromatic N) is 2. The van der Waals surface area contributed by atoms with E-state index in [0.717, 1.165) is 12.1 Å². The predicted octanol–water partition coefficient (Wildman–Crippen LogP) is 2.24. The molecule has 1 atom stereocenters. The van der Waals surface area contributed by atoms with Gasteiger partial charge in [-0.15, -0.1) is 0 Å². The maximum absolute atomic E-state index is 11.2. The van der Waals surface area contributed by atoms with Crippen LogP contribution in [-0.4, -0.2) is 33.2 Å². The second kappa shape index (κ2) is 6.36. The van der Waals surface area contributed by atoms with E-state index in [1.807, 2.05) is 13.8 Å². The molecule has 1 unspecified atom stereocenters. The number of nitrogens with one attached hydrogen (secondary N) is 1. The Labute approximate surface area is 113 Å². The third-order valence-electron chi connectivity index (χ3n) is 2.85. The monoisotopic (exact) mass is 267 g/mol. The van der Waals surface area contributed by atoms with E-state index < -0.39 is 11.5 Å². The number of anilines is 1. The van der Waals surface area contributed by atoms with Crippen LogP contribution in [0.5, 0.6) is 5.88 Å². The molecule has 106 valence electrons. The lowest BCUT2D eigenvalue weighted by molar-refractivity contribution is -0.141. The molecule has 0 radical (unpaired) electrons. The molecule has 19 heavy (non-hydrogen) atoms. The van der Waals surface area contributed by atoms with Crippen molar-refractivity contribution in [3.05, 3.63) is 11.8 Å². The first kappa shape index (κ1) is 15.2. The summed E-state index contributed by atoms with van der Waals surface area (Å²) in [4.78, 5) is 19.6. The Morgan fingerprint density at radius 2 is 2.16 bits per heavy atom. The zero-order valence-electron chi connectivity index (χ0n) is 11.9. The molecule has 0 spiro atoms. The first-order valence-electron chi connectivity index (χ1n) is 6.41. The molecule has 0 aliphatic rings. The number of hydrogen-bond acceptors (Lipinski definition) is 5. The second-order valence-corrected chi connectivity index (χ2v) is 4.64. The van der Waals surface area contributed by atoms with Gasteiger partial charge in [0.05, 0.1) is 6.61 Å². The average Bonchev–Trinajstić information content (AvgIpc) is 2.35. The molecule has 0 amide bonds. The van der Waals surface area contributed by atoms with Gasteiger partial charge >= 0.3 is 5.97 Å². The SMILES string of the molecule is CCCOc1cc(C)nc(NC(C)(CC)C(=O)O)n1. The van der Waals surface area contributed by atoms with Crippen LogP contribution in [0.1, 0.15) is 39.3 Å². The second-order valence-electron chi connectivity index (χ2n) is 4.64. The van der Waals surface area contributed by atoms with Crippen molar-refractivity contribution in [2.24, 2.45) is 0 Å². The molecule has 0 saturated carbocycles. The Hall–Kier alpha value is -1.85. The smallest absolute Gasteiger partial charge is 0.329 e. The molecule has 0 fully saturated rings. The van der Waals surface area contributed by atoms with Crippen LogP contribution in [0.15, 0.2) is 6.07 Å². The zero-order valence-corrected chi connectivity index (χ0v) is 11.9. The number of carboxylic acid groups (broad SMARTS) is 1. The van der Waals surface area contributed by atoms with Crippen LogP contribution in [0.4, 0.5) is 5.95 Å². The Balaban J connectivity index is 2.94. The summed E-state index contributed by atoms with van der Waals surface area (Å²) in [6, 6.07) is 1.73. The van der Waals surface area contributed by atoms with Crippen LogP contribution in [0.2, 0.25) is 0 Å². The number of hydrogen-bond donors (Lipinski definition) is 2. The number of rotatable bonds is 7. The lowest BCUT2D eigenvalue weighted by Crippen LogP contribution is -2.43. The van der Waals surface area contributed by atoms with Gasteiger partial charge in [-0.1, -0.05) is 13.8 Å². The summed E-state index contributed by atoms with van der Waals surface area (Å²) in [7, 11) is 0. The summed E-state index contributed by atoms with van der Waals surface area (Å²) < 4.78 is 5.45. The molecule has 0 aromatic carbocycles. The van der Waals surface area contributed by atoms with Gasteiger partial charge in [0.15, 0.2) is 0 Å². The van der Waals surface area contributed by atoms with Crippen molar-refractivity contribution in [3.8, 4) is 5.88 Å². The van der Waals surface area contributed by atoms with Crippen molar-refractivity contribution >= 4 is 11.9 Å². The van der Waals surface area contributed by atoms with Gasteiger partial charge in [0.25, 0.3) is 0 Å². The molecule has 0 aliphatic heterocycles. The van der Waals surface area contributed by atoms with Crippen LogP contribution >= 0.6 is 0 Å². The van der Waals surface area contributed by atoms with Gasteiger partial charge in [-0.05, 0) is 26.7 Å². The van der Waals surface area contributed by atoms with Gasteiger partial charge in [0.1, 0.15) is 5.54 Å². The van der Waals surface area contributed by atoms with Crippen molar-refractivity contribution in [3.63, 3.8) is 0 Å². The maximum Gasteiger partial charge on any atom is 0.329 e. The fraction of sp³-hybridized carbons (Fsp3) is 0.615. The molecule has 6 heteroatoms. The normalized spacial score (nSPS) is 13.7. The molecule has 0 saturated heterocycles. The standard InChI is InChI=1S/C13H21N3O3/c1-5-7-19-10-8-9(3)14-12(15-10)16-13(4,6-2)11(17)18/h8H,5-7H2,1-4H3,(H,17,18)(H,14,15,16). The van der Waals surface area contributed by atoms with Crippen LogP contribution in [0, 0.1) is 6.92 Å². The molecule has 1 heterocycles. The number of carboxylic acids is 1. The van der Waals surface area contributed by atoms with Gasteiger partial charge < -0.3 is 15.2 Å². The van der Waals surface area contributed by atoms with E-state index in [-0.39, 0.29) is 5.95 Å². The highest BCUT2D eigenvalue weighted by Crippen LogP contribution is 2.19. The number of ether oxygens (including phenoxy) is 1. The highest BCUT2D eigenvalue weighted by Gasteiger charge is 2.31. The summed E-state index contributed by atoms with van der Waals surface area (Å²) in [5.74, 6) is -0.199. The van der Waals surface area contributed by atoms with E-state index in [0.29, 0.717) is 18.9 Å². The Kier molecular flexibility index (Phi) is 5.09. The largest absolute Gasteiger partial charge is 0.480 e. The maximum atomic E-state index is 11.2. The minimum Gasteiger partial charge on any atom is -0.480 e. The molecule has 0 bridgehead atoms. The molecular formula is C13H21N3O3. The summed E-state index contributed by atoms with van der Waals surface area (Å²) in [5, 5.41) is 12.1. The lowest BCUT2D eigenvalue weighted by Gasteiger charge is -2.24. The number of aliphatic carboxylic acids is 1. The molecule has 1 aromatic heterocycles. The fourth-order valence-corrected chi connectivity index (χ4v) is 1.42. The van der Waals surface area contributed by atoms with Crippen molar-refractivity contribution < 1.29 is 14.6 Å². The topological polar surface area (TPSA) is 84.3 Å². The van der Waals surface area contributed by atoms with E-state index >= 15 is 0 Å². The van der Waals surface area contributed by atoms with Crippen LogP contribution < -0.4 is 10.1 Å². The molecule has 0 aliphatic carbocycles. The highest BCUT2D eigenvalue weighted by atomic mass is 16.5. The van der Waals surface area contributed by atoms with E-state index in [2.05, 4.69) is 15.3 Å². The zero-order chi connectivity index (χ0) is 14.5. The number of carbonyl (C=O) groups is 1. The molecular weight excluding hydrogens is 246 g/mol. The van der Waals surface area contributed by atoms with Crippen molar-refractivity contribution in [2.45, 2.75) is 46.1 Å². The van der Waals surface area contributed by atoms with E-state index in [1.54, 1.807) is 19.9 Å². The number of aryl methyl sites for hydroxylation is 1. The summed E-state index contributed by atoms with van der Waals surface area (Å²) in [5.41, 5.74) is -0.358. The van der Waals surface area contributed by atoms with Crippen LogP contribution in [-0.2, 0) is 4.79 Å². The third kappa shape index (κ3) is 4.08. The van der Waals surface area contributed by atoms with Crippen molar-refractivity contribution in [1.82, 2.24) is 9.97 Å². The molecule has 1 rings (SSSR count). The fourth-order valence-electron chi connectivity index (χ4n) is 1.42. The molecule has 6 nitrogen and oxygen atoms in total. The van der Waals surface area contributed by atoms with E-state index in [1.165, 1.54) is 0 Å². The van der Waals surface area contributed by atoms with Crippen molar-refractivity contribution in [2.75, 3.05) is 11.9 Å². The number of aromatic nitrogens is 2. The summed E-state index contributed by atoms with van der Waals surface area (Å²) >= 11 is 0. The van der Waals surface area contributed by atoms with Gasteiger partial charge in [-0.25, -0.2) is 9.78 Å². The van der Waals surface area contributed by atoms with E-state index in [4.69, 9.17) is 4.74 Å². The van der Waals surface area contributed by atoms with Crippen LogP contribution in [0.3, 0.4) is 0 Å². The summed E-state index contributed by atoms with van der Waals surface area (Å²) in [6.07, 6.45) is 1.30. The minimum atomic E-state index is -1.09. The van der Waals surface area contributed by atoms with Gasteiger partial charge in [-0.2, -0.15) is 4.98 Å². The van der Waals surface area contributed by atoms with E-state index in [9.17, 15) is 9.90 Å².